The van der Waals surface area contributed by atoms with E-state index in [1.807, 2.05) is 13.8 Å². The van der Waals surface area contributed by atoms with Crippen LogP contribution < -0.4 is 0 Å². The van der Waals surface area contributed by atoms with Gasteiger partial charge in [0.15, 0.2) is 12.0 Å². The van der Waals surface area contributed by atoms with Gasteiger partial charge in [0.2, 0.25) is 0 Å². The lowest BCUT2D eigenvalue weighted by molar-refractivity contribution is -0.145. The van der Waals surface area contributed by atoms with E-state index in [0.717, 1.165) is 25.0 Å². The first-order valence-corrected chi connectivity index (χ1v) is 10.4. The summed E-state index contributed by atoms with van der Waals surface area (Å²) in [5, 5.41) is 7.98. The van der Waals surface area contributed by atoms with Crippen LogP contribution in [0.5, 0.6) is 0 Å². The summed E-state index contributed by atoms with van der Waals surface area (Å²) in [6, 6.07) is 4.53. The molecule has 1 unspecified atom stereocenters. The van der Waals surface area contributed by atoms with E-state index in [2.05, 4.69) is 10.3 Å². The summed E-state index contributed by atoms with van der Waals surface area (Å²) in [4.78, 5) is 14.8. The topological polar surface area (TPSA) is 69.5 Å². The van der Waals surface area contributed by atoms with Crippen molar-refractivity contribution in [2.24, 2.45) is 0 Å². The normalized spacial score (nSPS) is 15.3. The molecule has 0 N–H and O–H groups in total. The van der Waals surface area contributed by atoms with Crippen LogP contribution in [0.25, 0.3) is 0 Å². The highest BCUT2D eigenvalue weighted by atomic mass is 19.4. The predicted octanol–water partition coefficient (Wildman–Crippen LogP) is 4.06. The first-order chi connectivity index (χ1) is 14.7. The van der Waals surface area contributed by atoms with E-state index in [-0.39, 0.29) is 24.2 Å². The average Bonchev–Trinajstić information content (AvgIpc) is 3.45. The Balaban J connectivity index is 1.78. The zero-order valence-corrected chi connectivity index (χ0v) is 17.8. The number of benzene rings is 1. The van der Waals surface area contributed by atoms with Gasteiger partial charge in [0.1, 0.15) is 0 Å². The van der Waals surface area contributed by atoms with Crippen LogP contribution >= 0.6 is 0 Å². The summed E-state index contributed by atoms with van der Waals surface area (Å²) in [5.74, 6) is -0.358. The Labute approximate surface area is 179 Å². The molecule has 1 heterocycles. The molecule has 10 heteroatoms. The number of hydrogen-bond acceptors (Lipinski definition) is 5. The van der Waals surface area contributed by atoms with Gasteiger partial charge in [0.05, 0.1) is 24.3 Å². The number of carbonyl (C=O) groups excluding carboxylic acids is 1. The molecule has 1 amide bonds. The lowest BCUT2D eigenvalue weighted by Gasteiger charge is -2.29. The van der Waals surface area contributed by atoms with Crippen LogP contribution in [0.2, 0.25) is 0 Å². The van der Waals surface area contributed by atoms with Gasteiger partial charge in [-0.15, -0.1) is 5.10 Å². The smallest absolute Gasteiger partial charge is 0.351 e. The van der Waals surface area contributed by atoms with Gasteiger partial charge >= 0.3 is 6.18 Å². The third kappa shape index (κ3) is 5.82. The van der Waals surface area contributed by atoms with Crippen LogP contribution in [0.1, 0.15) is 61.3 Å². The standard InChI is InChI=1S/C21H27F3N4O3/c1-4-30-19(31-5-2)13-27-12-18(25-26-27)20(29)28(17-9-10-17)14(3)15-7-6-8-16(11-15)21(22,23)24/h6-8,11-12,14,17,19H,4-5,9-10,13H2,1-3H3. The van der Waals surface area contributed by atoms with E-state index in [1.54, 1.807) is 17.9 Å². The van der Waals surface area contributed by atoms with E-state index in [9.17, 15) is 18.0 Å². The summed E-state index contributed by atoms with van der Waals surface area (Å²) in [5.41, 5.74) is -0.170. The minimum atomic E-state index is -4.44. The van der Waals surface area contributed by atoms with Gasteiger partial charge in [-0.3, -0.25) is 4.79 Å². The Bertz CT molecular complexity index is 877. The third-order valence-corrected chi connectivity index (χ3v) is 5.09. The van der Waals surface area contributed by atoms with Crippen molar-refractivity contribution in [2.75, 3.05) is 13.2 Å². The highest BCUT2D eigenvalue weighted by molar-refractivity contribution is 5.92. The first-order valence-electron chi connectivity index (χ1n) is 10.4. The van der Waals surface area contributed by atoms with Crippen LogP contribution in [0.15, 0.2) is 30.5 Å². The average molecular weight is 440 g/mol. The fourth-order valence-electron chi connectivity index (χ4n) is 3.44. The Morgan fingerprint density at radius 2 is 1.94 bits per heavy atom. The zero-order valence-electron chi connectivity index (χ0n) is 17.8. The number of rotatable bonds is 10. The number of ether oxygens (including phenoxy) is 2. The van der Waals surface area contributed by atoms with Crippen molar-refractivity contribution in [1.82, 2.24) is 19.9 Å². The van der Waals surface area contributed by atoms with E-state index < -0.39 is 24.1 Å². The molecule has 7 nitrogen and oxygen atoms in total. The molecular formula is C21H27F3N4O3. The summed E-state index contributed by atoms with van der Waals surface area (Å²) in [6.45, 7) is 6.64. The van der Waals surface area contributed by atoms with Crippen molar-refractivity contribution in [2.45, 2.75) is 64.7 Å². The SMILES string of the molecule is CCOC(Cn1cc(C(=O)N(C2CC2)C(C)c2cccc(C(F)(F)F)c2)nn1)OCC. The molecule has 1 aliphatic rings. The van der Waals surface area contributed by atoms with Gasteiger partial charge in [-0.05, 0) is 51.3 Å². The molecule has 1 atom stereocenters. The number of halogens is 3. The van der Waals surface area contributed by atoms with Gasteiger partial charge in [0, 0.05) is 19.3 Å². The molecule has 31 heavy (non-hydrogen) atoms. The number of hydrogen-bond donors (Lipinski definition) is 0. The van der Waals surface area contributed by atoms with Crippen molar-refractivity contribution in [3.05, 3.63) is 47.3 Å². The molecule has 170 valence electrons. The highest BCUT2D eigenvalue weighted by Crippen LogP contribution is 2.37. The molecule has 0 radical (unpaired) electrons. The second-order valence-corrected chi connectivity index (χ2v) is 7.41. The lowest BCUT2D eigenvalue weighted by Crippen LogP contribution is -2.36. The molecule has 1 saturated carbocycles. The summed E-state index contributed by atoms with van der Waals surface area (Å²) in [6.07, 6.45) is -1.82. The number of aromatic nitrogens is 3. The van der Waals surface area contributed by atoms with Gasteiger partial charge < -0.3 is 14.4 Å². The maximum absolute atomic E-state index is 13.2. The molecule has 1 aromatic carbocycles. The quantitative estimate of drug-likeness (QED) is 0.521. The van der Waals surface area contributed by atoms with E-state index in [0.29, 0.717) is 18.8 Å². The maximum Gasteiger partial charge on any atom is 0.416 e. The largest absolute Gasteiger partial charge is 0.416 e. The number of carbonyl (C=O) groups is 1. The van der Waals surface area contributed by atoms with E-state index >= 15 is 0 Å². The highest BCUT2D eigenvalue weighted by Gasteiger charge is 2.38. The molecule has 3 rings (SSSR count). The fraction of sp³-hybridized carbons (Fsp3) is 0.571. The first kappa shape index (κ1) is 23.2. The maximum atomic E-state index is 13.2. The Morgan fingerprint density at radius 1 is 1.26 bits per heavy atom. The molecular weight excluding hydrogens is 413 g/mol. The third-order valence-electron chi connectivity index (χ3n) is 5.09. The van der Waals surface area contributed by atoms with Crippen molar-refractivity contribution in [3.8, 4) is 0 Å². The minimum absolute atomic E-state index is 0.0261. The van der Waals surface area contributed by atoms with Crippen molar-refractivity contribution in [1.29, 1.82) is 0 Å². The Kier molecular flexibility index (Phi) is 7.32. The van der Waals surface area contributed by atoms with Crippen LogP contribution in [-0.4, -0.2) is 51.3 Å². The summed E-state index contributed by atoms with van der Waals surface area (Å²) >= 11 is 0. The predicted molar refractivity (Wildman–Crippen MR) is 106 cm³/mol. The van der Waals surface area contributed by atoms with Crippen LogP contribution in [0.3, 0.4) is 0 Å². The number of amides is 1. The van der Waals surface area contributed by atoms with Gasteiger partial charge in [-0.2, -0.15) is 13.2 Å². The molecule has 1 aliphatic carbocycles. The van der Waals surface area contributed by atoms with Crippen LogP contribution in [0.4, 0.5) is 13.2 Å². The van der Waals surface area contributed by atoms with E-state index in [1.165, 1.54) is 16.9 Å². The molecule has 0 bridgehead atoms. The number of alkyl halides is 3. The molecule has 1 aromatic heterocycles. The van der Waals surface area contributed by atoms with Crippen LogP contribution in [-0.2, 0) is 22.2 Å². The summed E-state index contributed by atoms with van der Waals surface area (Å²) in [7, 11) is 0. The van der Waals surface area contributed by atoms with Gasteiger partial charge in [-0.1, -0.05) is 17.3 Å². The van der Waals surface area contributed by atoms with E-state index in [4.69, 9.17) is 9.47 Å². The lowest BCUT2D eigenvalue weighted by atomic mass is 10.0. The molecule has 0 spiro atoms. The molecule has 1 fully saturated rings. The molecule has 2 aromatic rings. The van der Waals surface area contributed by atoms with Crippen molar-refractivity contribution < 1.29 is 27.4 Å². The minimum Gasteiger partial charge on any atom is -0.351 e. The molecule has 0 saturated heterocycles. The zero-order chi connectivity index (χ0) is 22.6. The fourth-order valence-corrected chi connectivity index (χ4v) is 3.44. The van der Waals surface area contributed by atoms with Crippen molar-refractivity contribution in [3.63, 3.8) is 0 Å². The Morgan fingerprint density at radius 3 is 2.52 bits per heavy atom. The van der Waals surface area contributed by atoms with Gasteiger partial charge in [-0.25, -0.2) is 4.68 Å². The van der Waals surface area contributed by atoms with Gasteiger partial charge in [0.25, 0.3) is 5.91 Å². The molecule has 0 aliphatic heterocycles. The van der Waals surface area contributed by atoms with Crippen LogP contribution in [0, 0.1) is 0 Å². The second kappa shape index (κ2) is 9.78. The monoisotopic (exact) mass is 440 g/mol. The van der Waals surface area contributed by atoms with Crippen molar-refractivity contribution >= 4 is 5.91 Å². The second-order valence-electron chi connectivity index (χ2n) is 7.41. The Hall–Kier alpha value is -2.46. The number of nitrogens with zero attached hydrogens (tertiary/aromatic N) is 4. The summed E-state index contributed by atoms with van der Waals surface area (Å²) < 4.78 is 51.8.